The number of carbonyl (C=O) groups is 1. The van der Waals surface area contributed by atoms with Gasteiger partial charge in [0.2, 0.25) is 0 Å². The first kappa shape index (κ1) is 26.6. The highest BCUT2D eigenvalue weighted by molar-refractivity contribution is 7.84. The number of benzene rings is 3. The molecule has 1 heterocycles. The Bertz CT molecular complexity index is 1440. The molecule has 0 saturated carbocycles. The van der Waals surface area contributed by atoms with Gasteiger partial charge < -0.3 is 20.0 Å². The highest BCUT2D eigenvalue weighted by Gasteiger charge is 2.20. The minimum atomic E-state index is -1.23. The summed E-state index contributed by atoms with van der Waals surface area (Å²) in [5.41, 5.74) is 11.0. The number of hydrogen-bond acceptors (Lipinski definition) is 5. The topological polar surface area (TPSA) is 115 Å². The number of carboxylic acid groups (broad SMARTS) is 1. The molecule has 0 spiro atoms. The molecule has 3 aromatic carbocycles. The van der Waals surface area contributed by atoms with Gasteiger partial charge in [0.05, 0.1) is 28.7 Å². The lowest BCUT2D eigenvalue weighted by Gasteiger charge is -2.17. The first-order valence-corrected chi connectivity index (χ1v) is 13.2. The highest BCUT2D eigenvalue weighted by Crippen LogP contribution is 2.34. The van der Waals surface area contributed by atoms with Crippen molar-refractivity contribution in [2.45, 2.75) is 51.6 Å². The number of carboxylic acids is 1. The average molecular weight is 521 g/mol. The standard InChI is InChI=1S/C29H32N2O5S/c1-29(2,3)37(34)31-17-24-14-23-12-20(18-35-26-10-5-4-8-22(26)15-27(32)33)13-25(28(23)36-24)21-9-6-7-19(11-21)16-30/h4-14,31H,15-18,30H2,1-3H3,(H,32,33). The van der Waals surface area contributed by atoms with Crippen molar-refractivity contribution in [1.29, 1.82) is 0 Å². The van der Waals surface area contributed by atoms with Crippen LogP contribution < -0.4 is 15.2 Å². The molecular weight excluding hydrogens is 488 g/mol. The predicted octanol–water partition coefficient (Wildman–Crippen LogP) is 5.32. The average Bonchev–Trinajstić information content (AvgIpc) is 3.28. The van der Waals surface area contributed by atoms with E-state index in [4.69, 9.17) is 14.9 Å². The minimum Gasteiger partial charge on any atom is -0.489 e. The molecule has 0 aliphatic heterocycles. The second-order valence-electron chi connectivity index (χ2n) is 9.85. The molecule has 0 aliphatic carbocycles. The number of fused-ring (bicyclic) bond motifs is 1. The number of para-hydroxylation sites is 1. The zero-order chi connectivity index (χ0) is 26.6. The summed E-state index contributed by atoms with van der Waals surface area (Å²) in [6.07, 6.45) is -0.111. The van der Waals surface area contributed by atoms with E-state index in [1.165, 1.54) is 0 Å². The molecule has 0 amide bonds. The number of aliphatic carboxylic acids is 1. The first-order chi connectivity index (χ1) is 17.6. The summed E-state index contributed by atoms with van der Waals surface area (Å²) >= 11 is 0. The summed E-state index contributed by atoms with van der Waals surface area (Å²) in [7, 11) is -1.23. The van der Waals surface area contributed by atoms with Gasteiger partial charge in [-0.3, -0.25) is 4.79 Å². The van der Waals surface area contributed by atoms with Crippen LogP contribution in [0.3, 0.4) is 0 Å². The Labute approximate surface area is 219 Å². The largest absolute Gasteiger partial charge is 0.489 e. The summed E-state index contributed by atoms with van der Waals surface area (Å²) in [5, 5.41) is 10.1. The van der Waals surface area contributed by atoms with Crippen LogP contribution in [0, 0.1) is 0 Å². The molecule has 0 fully saturated rings. The summed E-state index contributed by atoms with van der Waals surface area (Å²) in [6, 6.07) is 21.1. The van der Waals surface area contributed by atoms with Crippen LogP contribution in [0.2, 0.25) is 0 Å². The van der Waals surface area contributed by atoms with Crippen molar-refractivity contribution in [1.82, 2.24) is 4.72 Å². The molecule has 4 aromatic rings. The van der Waals surface area contributed by atoms with Crippen LogP contribution in [0.15, 0.2) is 71.1 Å². The lowest BCUT2D eigenvalue weighted by atomic mass is 9.99. The fourth-order valence-corrected chi connectivity index (χ4v) is 4.69. The minimum absolute atomic E-state index is 0.111. The van der Waals surface area contributed by atoms with E-state index >= 15 is 0 Å². The molecule has 194 valence electrons. The Morgan fingerprint density at radius 2 is 1.84 bits per heavy atom. The van der Waals surface area contributed by atoms with Crippen LogP contribution in [-0.2, 0) is 41.9 Å². The third-order valence-electron chi connectivity index (χ3n) is 5.84. The molecule has 1 atom stereocenters. The molecule has 0 saturated heterocycles. The fourth-order valence-electron chi connectivity index (χ4n) is 3.99. The van der Waals surface area contributed by atoms with Gasteiger partial charge in [0, 0.05) is 23.1 Å². The molecule has 0 radical (unpaired) electrons. The van der Waals surface area contributed by atoms with Gasteiger partial charge >= 0.3 is 5.97 Å². The second-order valence-corrected chi connectivity index (χ2v) is 11.9. The number of nitrogens with one attached hydrogen (secondary N) is 1. The van der Waals surface area contributed by atoms with E-state index in [1.54, 1.807) is 18.2 Å². The van der Waals surface area contributed by atoms with Gasteiger partial charge in [-0.05, 0) is 67.8 Å². The van der Waals surface area contributed by atoms with E-state index in [0.29, 0.717) is 30.2 Å². The van der Waals surface area contributed by atoms with Crippen molar-refractivity contribution in [2.75, 3.05) is 0 Å². The molecule has 0 bridgehead atoms. The Hall–Kier alpha value is -3.46. The Morgan fingerprint density at radius 1 is 1.05 bits per heavy atom. The van der Waals surface area contributed by atoms with Crippen LogP contribution >= 0.6 is 0 Å². The lowest BCUT2D eigenvalue weighted by molar-refractivity contribution is -0.136. The SMILES string of the molecule is CC(C)(C)S(=O)NCc1cc2cc(COc3ccccc3CC(=O)O)cc(-c3cccc(CN)c3)c2o1. The summed E-state index contributed by atoms with van der Waals surface area (Å²) in [6.45, 7) is 6.75. The monoisotopic (exact) mass is 520 g/mol. The smallest absolute Gasteiger partial charge is 0.307 e. The maximum atomic E-state index is 12.5. The molecule has 1 aromatic heterocycles. The molecular formula is C29H32N2O5S. The van der Waals surface area contributed by atoms with E-state index in [2.05, 4.69) is 4.72 Å². The van der Waals surface area contributed by atoms with Crippen molar-refractivity contribution in [3.8, 4) is 16.9 Å². The van der Waals surface area contributed by atoms with Gasteiger partial charge in [0.25, 0.3) is 0 Å². The molecule has 4 N–H and O–H groups in total. The van der Waals surface area contributed by atoms with Gasteiger partial charge in [-0.15, -0.1) is 0 Å². The Balaban J connectivity index is 1.69. The number of hydrogen-bond donors (Lipinski definition) is 3. The molecule has 8 heteroatoms. The van der Waals surface area contributed by atoms with Gasteiger partial charge in [-0.25, -0.2) is 8.93 Å². The molecule has 0 aliphatic rings. The Morgan fingerprint density at radius 3 is 2.57 bits per heavy atom. The zero-order valence-corrected chi connectivity index (χ0v) is 22.1. The van der Waals surface area contributed by atoms with Gasteiger partial charge in [0.15, 0.2) is 0 Å². The van der Waals surface area contributed by atoms with E-state index < -0.39 is 17.0 Å². The normalized spacial score (nSPS) is 12.5. The lowest BCUT2D eigenvalue weighted by Crippen LogP contribution is -2.32. The molecule has 7 nitrogen and oxygen atoms in total. The van der Waals surface area contributed by atoms with Crippen LogP contribution in [-0.4, -0.2) is 20.0 Å². The number of furan rings is 1. The van der Waals surface area contributed by atoms with Crippen molar-refractivity contribution >= 4 is 27.9 Å². The number of nitrogens with two attached hydrogens (primary N) is 1. The van der Waals surface area contributed by atoms with Crippen molar-refractivity contribution in [2.24, 2.45) is 5.73 Å². The molecule has 1 unspecified atom stereocenters. The zero-order valence-electron chi connectivity index (χ0n) is 21.2. The van der Waals surface area contributed by atoms with Gasteiger partial charge in [0.1, 0.15) is 23.7 Å². The fraction of sp³-hybridized carbons (Fsp3) is 0.276. The van der Waals surface area contributed by atoms with E-state index in [0.717, 1.165) is 33.2 Å². The van der Waals surface area contributed by atoms with E-state index in [-0.39, 0.29) is 17.8 Å². The summed E-state index contributed by atoms with van der Waals surface area (Å²) in [4.78, 5) is 11.2. The van der Waals surface area contributed by atoms with Crippen molar-refractivity contribution in [3.63, 3.8) is 0 Å². The van der Waals surface area contributed by atoms with E-state index in [1.807, 2.05) is 69.3 Å². The quantitative estimate of drug-likeness (QED) is 0.261. The maximum absolute atomic E-state index is 12.5. The predicted molar refractivity (Wildman–Crippen MR) is 146 cm³/mol. The third-order valence-corrected chi connectivity index (χ3v) is 7.36. The summed E-state index contributed by atoms with van der Waals surface area (Å²) < 4.78 is 27.4. The second kappa shape index (κ2) is 11.3. The van der Waals surface area contributed by atoms with E-state index in [9.17, 15) is 14.1 Å². The molecule has 4 rings (SSSR count). The molecule has 37 heavy (non-hydrogen) atoms. The highest BCUT2D eigenvalue weighted by atomic mass is 32.2. The number of ether oxygens (including phenoxy) is 1. The van der Waals surface area contributed by atoms with Crippen LogP contribution in [0.25, 0.3) is 22.1 Å². The van der Waals surface area contributed by atoms with Crippen molar-refractivity contribution in [3.05, 3.63) is 89.2 Å². The summed E-state index contributed by atoms with van der Waals surface area (Å²) in [5.74, 6) is 0.304. The van der Waals surface area contributed by atoms with Gasteiger partial charge in [-0.2, -0.15) is 0 Å². The van der Waals surface area contributed by atoms with Crippen LogP contribution in [0.4, 0.5) is 0 Å². The maximum Gasteiger partial charge on any atom is 0.307 e. The van der Waals surface area contributed by atoms with Crippen LogP contribution in [0.1, 0.15) is 43.2 Å². The first-order valence-electron chi connectivity index (χ1n) is 12.1. The third kappa shape index (κ3) is 6.65. The van der Waals surface area contributed by atoms with Gasteiger partial charge in [-0.1, -0.05) is 36.4 Å². The number of rotatable bonds is 10. The van der Waals surface area contributed by atoms with Crippen molar-refractivity contribution < 1.29 is 23.3 Å². The Kier molecular flexibility index (Phi) is 8.12. The van der Waals surface area contributed by atoms with Crippen LogP contribution in [0.5, 0.6) is 5.75 Å².